The fourth-order valence-electron chi connectivity index (χ4n) is 2.94. The van der Waals surface area contributed by atoms with Crippen LogP contribution in [0.25, 0.3) is 0 Å². The second-order valence-corrected chi connectivity index (χ2v) is 6.95. The fourth-order valence-corrected chi connectivity index (χ4v) is 2.94. The van der Waals surface area contributed by atoms with E-state index in [1.54, 1.807) is 0 Å². The van der Waals surface area contributed by atoms with Gasteiger partial charge in [-0.3, -0.25) is 0 Å². The molecule has 0 amide bonds. The fraction of sp³-hybridized carbons (Fsp3) is 0.667. The van der Waals surface area contributed by atoms with Crippen LogP contribution in [0.3, 0.4) is 0 Å². The van der Waals surface area contributed by atoms with Crippen molar-refractivity contribution in [3.05, 3.63) is 29.3 Å². The van der Waals surface area contributed by atoms with Crippen LogP contribution in [0, 0.1) is 12.3 Å². The molecule has 20 heavy (non-hydrogen) atoms. The van der Waals surface area contributed by atoms with Gasteiger partial charge in [0.2, 0.25) is 0 Å². The Morgan fingerprint density at radius 1 is 1.20 bits per heavy atom. The maximum Gasteiger partial charge on any atom is 0.0396 e. The molecule has 0 aromatic heterocycles. The number of aryl methyl sites for hydroxylation is 1. The van der Waals surface area contributed by atoms with Gasteiger partial charge in [0.1, 0.15) is 0 Å². The van der Waals surface area contributed by atoms with Gasteiger partial charge in [0.15, 0.2) is 0 Å². The number of anilines is 1. The van der Waals surface area contributed by atoms with Gasteiger partial charge in [-0.1, -0.05) is 32.9 Å². The molecular formula is C18H30N2. The first-order valence-corrected chi connectivity index (χ1v) is 8.07. The Morgan fingerprint density at radius 3 is 2.50 bits per heavy atom. The molecule has 1 fully saturated rings. The summed E-state index contributed by atoms with van der Waals surface area (Å²) in [4.78, 5) is 2.56. The smallest absolute Gasteiger partial charge is 0.0396 e. The first kappa shape index (κ1) is 15.4. The first-order chi connectivity index (χ1) is 9.52. The summed E-state index contributed by atoms with van der Waals surface area (Å²) >= 11 is 0. The Kier molecular flexibility index (Phi) is 5.09. The topological polar surface area (TPSA) is 15.3 Å². The molecule has 1 aliphatic heterocycles. The van der Waals surface area contributed by atoms with E-state index in [-0.39, 0.29) is 0 Å². The van der Waals surface area contributed by atoms with E-state index in [9.17, 15) is 0 Å². The molecule has 0 bridgehead atoms. The van der Waals surface area contributed by atoms with E-state index in [2.05, 4.69) is 56.1 Å². The number of piperidine rings is 1. The summed E-state index contributed by atoms with van der Waals surface area (Å²) in [5.74, 6) is 0. The van der Waals surface area contributed by atoms with Gasteiger partial charge in [-0.25, -0.2) is 0 Å². The van der Waals surface area contributed by atoms with Crippen LogP contribution in [0.1, 0.15) is 51.2 Å². The largest absolute Gasteiger partial charge is 0.371 e. The number of nitrogens with one attached hydrogen (secondary N) is 1. The van der Waals surface area contributed by atoms with Crippen molar-refractivity contribution >= 4 is 5.69 Å². The molecule has 1 aliphatic rings. The Hall–Kier alpha value is -1.02. The van der Waals surface area contributed by atoms with E-state index >= 15 is 0 Å². The van der Waals surface area contributed by atoms with Crippen LogP contribution in [-0.2, 0) is 6.54 Å². The van der Waals surface area contributed by atoms with Gasteiger partial charge in [0, 0.05) is 25.3 Å². The van der Waals surface area contributed by atoms with Gasteiger partial charge in [0.05, 0.1) is 0 Å². The zero-order chi connectivity index (χ0) is 14.6. The summed E-state index contributed by atoms with van der Waals surface area (Å²) in [6, 6.07) is 6.94. The van der Waals surface area contributed by atoms with E-state index in [4.69, 9.17) is 0 Å². The Bertz CT molecular complexity index is 427. The monoisotopic (exact) mass is 274 g/mol. The summed E-state index contributed by atoms with van der Waals surface area (Å²) in [6.07, 6.45) is 3.79. The molecule has 2 rings (SSSR count). The SMILES string of the molecule is CCCNCc1ccc(N2CCC(C)(C)CC2)c(C)c1. The summed E-state index contributed by atoms with van der Waals surface area (Å²) < 4.78 is 0. The number of benzene rings is 1. The summed E-state index contributed by atoms with van der Waals surface area (Å²) in [7, 11) is 0. The van der Waals surface area contributed by atoms with Gasteiger partial charge in [-0.15, -0.1) is 0 Å². The minimum atomic E-state index is 0.522. The maximum atomic E-state index is 3.47. The third-order valence-electron chi connectivity index (χ3n) is 4.47. The molecule has 2 nitrogen and oxygen atoms in total. The number of hydrogen-bond donors (Lipinski definition) is 1. The number of rotatable bonds is 5. The standard InChI is InChI=1S/C18H30N2/c1-5-10-19-14-16-6-7-17(15(2)13-16)20-11-8-18(3,4)9-12-20/h6-7,13,19H,5,8-12,14H2,1-4H3. The predicted octanol–water partition coefficient (Wildman–Crippen LogP) is 4.12. The maximum absolute atomic E-state index is 3.47. The molecule has 0 atom stereocenters. The molecule has 1 aromatic carbocycles. The number of nitrogens with zero attached hydrogens (tertiary/aromatic N) is 1. The average Bonchev–Trinajstić information content (AvgIpc) is 2.40. The molecule has 0 aliphatic carbocycles. The van der Waals surface area contributed by atoms with Gasteiger partial charge < -0.3 is 10.2 Å². The van der Waals surface area contributed by atoms with Crippen molar-refractivity contribution in [2.75, 3.05) is 24.5 Å². The van der Waals surface area contributed by atoms with E-state index < -0.39 is 0 Å². The van der Waals surface area contributed by atoms with Gasteiger partial charge >= 0.3 is 0 Å². The van der Waals surface area contributed by atoms with Crippen LogP contribution >= 0.6 is 0 Å². The molecule has 1 saturated heterocycles. The lowest BCUT2D eigenvalue weighted by atomic mass is 9.82. The second-order valence-electron chi connectivity index (χ2n) is 6.95. The lowest BCUT2D eigenvalue weighted by molar-refractivity contribution is 0.279. The van der Waals surface area contributed by atoms with E-state index in [0.29, 0.717) is 5.41 Å². The molecular weight excluding hydrogens is 244 g/mol. The Labute approximate surface area is 124 Å². The van der Waals surface area contributed by atoms with Crippen molar-refractivity contribution in [1.82, 2.24) is 5.32 Å². The molecule has 0 saturated carbocycles. The number of hydrogen-bond acceptors (Lipinski definition) is 2. The van der Waals surface area contributed by atoms with Crippen LogP contribution in [0.2, 0.25) is 0 Å². The Morgan fingerprint density at radius 2 is 1.90 bits per heavy atom. The highest BCUT2D eigenvalue weighted by molar-refractivity contribution is 5.54. The summed E-state index contributed by atoms with van der Waals surface area (Å²) in [6.45, 7) is 13.7. The molecule has 112 valence electrons. The third-order valence-corrected chi connectivity index (χ3v) is 4.47. The van der Waals surface area contributed by atoms with Crippen molar-refractivity contribution in [1.29, 1.82) is 0 Å². The van der Waals surface area contributed by atoms with Gasteiger partial charge in [0.25, 0.3) is 0 Å². The lowest BCUT2D eigenvalue weighted by Crippen LogP contribution is -2.37. The highest BCUT2D eigenvalue weighted by Gasteiger charge is 2.25. The summed E-state index contributed by atoms with van der Waals surface area (Å²) in [5.41, 5.74) is 4.77. The molecule has 1 heterocycles. The summed E-state index contributed by atoms with van der Waals surface area (Å²) in [5, 5.41) is 3.47. The van der Waals surface area contributed by atoms with Crippen molar-refractivity contribution in [2.24, 2.45) is 5.41 Å². The van der Waals surface area contributed by atoms with Crippen LogP contribution in [0.5, 0.6) is 0 Å². The van der Waals surface area contributed by atoms with E-state index in [0.717, 1.165) is 13.1 Å². The van der Waals surface area contributed by atoms with Gasteiger partial charge in [-0.05, 0) is 55.3 Å². The normalized spacial score (nSPS) is 18.3. The Balaban J connectivity index is 1.99. The van der Waals surface area contributed by atoms with Crippen LogP contribution in [0.15, 0.2) is 18.2 Å². The lowest BCUT2D eigenvalue weighted by Gasteiger charge is -2.39. The highest BCUT2D eigenvalue weighted by Crippen LogP contribution is 2.33. The van der Waals surface area contributed by atoms with Crippen LogP contribution in [-0.4, -0.2) is 19.6 Å². The van der Waals surface area contributed by atoms with E-state index in [1.165, 1.54) is 49.2 Å². The van der Waals surface area contributed by atoms with Crippen LogP contribution in [0.4, 0.5) is 5.69 Å². The van der Waals surface area contributed by atoms with Crippen molar-refractivity contribution < 1.29 is 0 Å². The molecule has 2 heteroatoms. The first-order valence-electron chi connectivity index (χ1n) is 8.07. The minimum Gasteiger partial charge on any atom is -0.371 e. The van der Waals surface area contributed by atoms with Crippen molar-refractivity contribution in [3.8, 4) is 0 Å². The third kappa shape index (κ3) is 3.99. The van der Waals surface area contributed by atoms with Crippen LogP contribution < -0.4 is 10.2 Å². The quantitative estimate of drug-likeness (QED) is 0.813. The minimum absolute atomic E-state index is 0.522. The van der Waals surface area contributed by atoms with Gasteiger partial charge in [-0.2, -0.15) is 0 Å². The second kappa shape index (κ2) is 6.62. The highest BCUT2D eigenvalue weighted by atomic mass is 15.1. The van der Waals surface area contributed by atoms with E-state index in [1.807, 2.05) is 0 Å². The van der Waals surface area contributed by atoms with Crippen molar-refractivity contribution in [3.63, 3.8) is 0 Å². The molecule has 0 radical (unpaired) electrons. The molecule has 0 unspecified atom stereocenters. The predicted molar refractivity (Wildman–Crippen MR) is 88.4 cm³/mol. The molecule has 0 spiro atoms. The van der Waals surface area contributed by atoms with Crippen molar-refractivity contribution in [2.45, 2.75) is 53.5 Å². The molecule has 1 aromatic rings. The average molecular weight is 274 g/mol. The zero-order valence-corrected chi connectivity index (χ0v) is 13.6. The molecule has 1 N–H and O–H groups in total. The zero-order valence-electron chi connectivity index (χ0n) is 13.6.